The summed E-state index contributed by atoms with van der Waals surface area (Å²) in [4.78, 5) is 23.1. The number of nitrogens with one attached hydrogen (secondary N) is 1. The van der Waals surface area contributed by atoms with E-state index in [0.29, 0.717) is 18.2 Å². The predicted octanol–water partition coefficient (Wildman–Crippen LogP) is 3.16. The highest BCUT2D eigenvalue weighted by Gasteiger charge is 2.21. The Balaban J connectivity index is 1.76. The van der Waals surface area contributed by atoms with Crippen molar-refractivity contribution in [3.8, 4) is 5.75 Å². The van der Waals surface area contributed by atoms with Gasteiger partial charge in [0.1, 0.15) is 11.4 Å². The van der Waals surface area contributed by atoms with Crippen LogP contribution in [0.15, 0.2) is 30.3 Å². The van der Waals surface area contributed by atoms with E-state index in [2.05, 4.69) is 15.3 Å². The highest BCUT2D eigenvalue weighted by atomic mass is 16.5. The molecule has 1 fully saturated rings. The number of carbonyl (C=O) groups is 1. The van der Waals surface area contributed by atoms with Gasteiger partial charge in [0.15, 0.2) is 0 Å². The molecule has 1 N–H and O–H groups in total. The minimum atomic E-state index is -0.0206. The quantitative estimate of drug-likeness (QED) is 0.914. The number of anilines is 2. The predicted molar refractivity (Wildman–Crippen MR) is 92.8 cm³/mol. The van der Waals surface area contributed by atoms with Gasteiger partial charge in [-0.1, -0.05) is 0 Å². The molecule has 24 heavy (non-hydrogen) atoms. The Hall–Kier alpha value is -2.63. The molecule has 1 amide bonds. The first kappa shape index (κ1) is 16.2. The van der Waals surface area contributed by atoms with Gasteiger partial charge in [0.2, 0.25) is 5.95 Å². The van der Waals surface area contributed by atoms with Crippen molar-refractivity contribution < 1.29 is 9.53 Å². The van der Waals surface area contributed by atoms with E-state index in [1.54, 1.807) is 6.07 Å². The lowest BCUT2D eigenvalue weighted by Gasteiger charge is -2.15. The van der Waals surface area contributed by atoms with Gasteiger partial charge in [0, 0.05) is 24.5 Å². The van der Waals surface area contributed by atoms with Crippen LogP contribution in [0.25, 0.3) is 0 Å². The standard InChI is InChI=1S/C18H22N4O2/c1-3-24-15-8-6-14(7-9-15)20-18-19-13(2)12-16(21-18)17(23)22-10-4-5-11-22/h6-9,12H,3-5,10-11H2,1-2H3,(H,19,20,21). The smallest absolute Gasteiger partial charge is 0.272 e. The molecule has 0 radical (unpaired) electrons. The van der Waals surface area contributed by atoms with E-state index >= 15 is 0 Å². The molecule has 2 aromatic rings. The molecule has 0 bridgehead atoms. The van der Waals surface area contributed by atoms with E-state index in [9.17, 15) is 4.79 Å². The third-order valence-electron chi connectivity index (χ3n) is 3.89. The number of aryl methyl sites for hydroxylation is 1. The molecule has 0 saturated carbocycles. The van der Waals surface area contributed by atoms with E-state index in [0.717, 1.165) is 43.1 Å². The summed E-state index contributed by atoms with van der Waals surface area (Å²) in [6.45, 7) is 6.07. The minimum Gasteiger partial charge on any atom is -0.494 e. The van der Waals surface area contributed by atoms with Gasteiger partial charge in [-0.25, -0.2) is 9.97 Å². The van der Waals surface area contributed by atoms with Gasteiger partial charge in [-0.15, -0.1) is 0 Å². The molecule has 1 saturated heterocycles. The zero-order valence-electron chi connectivity index (χ0n) is 14.1. The molecule has 0 aliphatic carbocycles. The zero-order chi connectivity index (χ0) is 16.9. The summed E-state index contributed by atoms with van der Waals surface area (Å²) in [6, 6.07) is 9.32. The maximum atomic E-state index is 12.5. The average molecular weight is 326 g/mol. The molecule has 0 atom stereocenters. The lowest BCUT2D eigenvalue weighted by atomic mass is 10.3. The molecule has 1 aliphatic rings. The fourth-order valence-electron chi connectivity index (χ4n) is 2.75. The third-order valence-corrected chi connectivity index (χ3v) is 3.89. The van der Waals surface area contributed by atoms with Crippen LogP contribution in [0.3, 0.4) is 0 Å². The molecule has 0 spiro atoms. The molecule has 126 valence electrons. The summed E-state index contributed by atoms with van der Waals surface area (Å²) in [6.07, 6.45) is 2.13. The number of hydrogen-bond acceptors (Lipinski definition) is 5. The summed E-state index contributed by atoms with van der Waals surface area (Å²) in [7, 11) is 0. The van der Waals surface area contributed by atoms with Gasteiger partial charge in [-0.2, -0.15) is 0 Å². The summed E-state index contributed by atoms with van der Waals surface area (Å²) < 4.78 is 5.43. The molecule has 6 nitrogen and oxygen atoms in total. The molecule has 1 aromatic carbocycles. The Labute approximate surface area is 141 Å². The third kappa shape index (κ3) is 3.82. The van der Waals surface area contributed by atoms with Crippen LogP contribution in [0, 0.1) is 6.92 Å². The van der Waals surface area contributed by atoms with Gasteiger partial charge in [0.05, 0.1) is 6.61 Å². The Bertz CT molecular complexity index is 709. The van der Waals surface area contributed by atoms with E-state index in [4.69, 9.17) is 4.74 Å². The van der Waals surface area contributed by atoms with Gasteiger partial charge in [-0.3, -0.25) is 4.79 Å². The fourth-order valence-corrected chi connectivity index (χ4v) is 2.75. The van der Waals surface area contributed by atoms with E-state index in [1.165, 1.54) is 0 Å². The van der Waals surface area contributed by atoms with Crippen molar-refractivity contribution in [2.45, 2.75) is 26.7 Å². The largest absolute Gasteiger partial charge is 0.494 e. The molecule has 6 heteroatoms. The van der Waals surface area contributed by atoms with E-state index in [1.807, 2.05) is 43.0 Å². The van der Waals surface area contributed by atoms with Gasteiger partial charge in [-0.05, 0) is 57.0 Å². The maximum absolute atomic E-state index is 12.5. The van der Waals surface area contributed by atoms with Crippen LogP contribution in [0.2, 0.25) is 0 Å². The average Bonchev–Trinajstić information content (AvgIpc) is 3.10. The van der Waals surface area contributed by atoms with Crippen LogP contribution in [0.5, 0.6) is 5.75 Å². The number of carbonyl (C=O) groups excluding carboxylic acids is 1. The second kappa shape index (κ2) is 7.29. The molecule has 1 aliphatic heterocycles. The van der Waals surface area contributed by atoms with Crippen molar-refractivity contribution >= 4 is 17.5 Å². The molecule has 2 heterocycles. The highest BCUT2D eigenvalue weighted by Crippen LogP contribution is 2.19. The summed E-state index contributed by atoms with van der Waals surface area (Å²) >= 11 is 0. The van der Waals surface area contributed by atoms with Crippen molar-refractivity contribution in [3.05, 3.63) is 41.7 Å². The van der Waals surface area contributed by atoms with Crippen molar-refractivity contribution in [2.75, 3.05) is 25.0 Å². The van der Waals surface area contributed by atoms with Crippen molar-refractivity contribution in [3.63, 3.8) is 0 Å². The van der Waals surface area contributed by atoms with Crippen LogP contribution < -0.4 is 10.1 Å². The Morgan fingerprint density at radius 1 is 1.21 bits per heavy atom. The molecular weight excluding hydrogens is 304 g/mol. The minimum absolute atomic E-state index is 0.0206. The number of benzene rings is 1. The van der Waals surface area contributed by atoms with Crippen molar-refractivity contribution in [1.82, 2.24) is 14.9 Å². The lowest BCUT2D eigenvalue weighted by molar-refractivity contribution is 0.0787. The summed E-state index contributed by atoms with van der Waals surface area (Å²) in [5.74, 6) is 1.23. The lowest BCUT2D eigenvalue weighted by Crippen LogP contribution is -2.28. The molecule has 0 unspecified atom stereocenters. The molecule has 1 aromatic heterocycles. The number of hydrogen-bond donors (Lipinski definition) is 1. The second-order valence-electron chi connectivity index (χ2n) is 5.80. The fraction of sp³-hybridized carbons (Fsp3) is 0.389. The monoisotopic (exact) mass is 326 g/mol. The SMILES string of the molecule is CCOc1ccc(Nc2nc(C)cc(C(=O)N3CCCC3)n2)cc1. The number of aromatic nitrogens is 2. The highest BCUT2D eigenvalue weighted by molar-refractivity contribution is 5.92. The van der Waals surface area contributed by atoms with Gasteiger partial charge in [0.25, 0.3) is 5.91 Å². The Morgan fingerprint density at radius 2 is 1.92 bits per heavy atom. The van der Waals surface area contributed by atoms with Crippen LogP contribution in [-0.2, 0) is 0 Å². The first-order chi connectivity index (χ1) is 11.7. The number of rotatable bonds is 5. The van der Waals surface area contributed by atoms with Crippen LogP contribution in [-0.4, -0.2) is 40.5 Å². The Kier molecular flexibility index (Phi) is 4.93. The topological polar surface area (TPSA) is 67.3 Å². The Morgan fingerprint density at radius 3 is 2.58 bits per heavy atom. The van der Waals surface area contributed by atoms with Crippen molar-refractivity contribution in [1.29, 1.82) is 0 Å². The van der Waals surface area contributed by atoms with Gasteiger partial charge < -0.3 is 15.0 Å². The van der Waals surface area contributed by atoms with Gasteiger partial charge >= 0.3 is 0 Å². The zero-order valence-corrected chi connectivity index (χ0v) is 14.1. The maximum Gasteiger partial charge on any atom is 0.272 e. The first-order valence-corrected chi connectivity index (χ1v) is 8.30. The normalized spacial score (nSPS) is 13.8. The summed E-state index contributed by atoms with van der Waals surface area (Å²) in [5.41, 5.74) is 2.06. The number of ether oxygens (including phenoxy) is 1. The summed E-state index contributed by atoms with van der Waals surface area (Å²) in [5, 5.41) is 3.15. The van der Waals surface area contributed by atoms with E-state index < -0.39 is 0 Å². The van der Waals surface area contributed by atoms with Crippen molar-refractivity contribution in [2.24, 2.45) is 0 Å². The van der Waals surface area contributed by atoms with Crippen LogP contribution >= 0.6 is 0 Å². The second-order valence-corrected chi connectivity index (χ2v) is 5.80. The number of amides is 1. The first-order valence-electron chi connectivity index (χ1n) is 8.30. The van der Waals surface area contributed by atoms with Crippen LogP contribution in [0.1, 0.15) is 35.9 Å². The molecule has 3 rings (SSSR count). The van der Waals surface area contributed by atoms with E-state index in [-0.39, 0.29) is 5.91 Å². The number of nitrogens with zero attached hydrogens (tertiary/aromatic N) is 3. The number of likely N-dealkylation sites (tertiary alicyclic amines) is 1. The van der Waals surface area contributed by atoms with Crippen LogP contribution in [0.4, 0.5) is 11.6 Å². The molecular formula is C18H22N4O2.